The Hall–Kier alpha value is -2.67. The van der Waals surface area contributed by atoms with Crippen LogP contribution in [0.15, 0.2) is 53.1 Å². The fourth-order valence-corrected chi connectivity index (χ4v) is 4.63. The average Bonchev–Trinajstić information content (AvgIpc) is 3.45. The Balaban J connectivity index is 1.36. The van der Waals surface area contributed by atoms with Gasteiger partial charge in [-0.25, -0.2) is 0 Å². The molecule has 0 radical (unpaired) electrons. The van der Waals surface area contributed by atoms with Crippen molar-refractivity contribution < 1.29 is 0 Å². The lowest BCUT2D eigenvalue weighted by molar-refractivity contribution is 0.517. The molecule has 0 aliphatic heterocycles. The van der Waals surface area contributed by atoms with Crippen LogP contribution >= 0.6 is 11.3 Å². The number of aryl methyl sites for hydroxylation is 2. The zero-order valence-corrected chi connectivity index (χ0v) is 18.4. The lowest BCUT2D eigenvalue weighted by atomic mass is 9.88. The van der Waals surface area contributed by atoms with Crippen LogP contribution in [-0.2, 0) is 32.2 Å². The standard InChI is InChI=1S/C23H30N6S/c1-2-22-28-26-17-29(22)14-13-25-23(24-12-11-21-8-5-15-30-21)27-20-10-9-18-6-3-4-7-19(18)16-20/h3-8,15,17,20H,2,9-14,16H2,1H3,(H2,24,25,27). The van der Waals surface area contributed by atoms with Crippen LogP contribution in [0.2, 0.25) is 0 Å². The number of rotatable bonds is 8. The Morgan fingerprint density at radius 1 is 1.23 bits per heavy atom. The Bertz CT molecular complexity index is 946. The number of thiophene rings is 1. The highest BCUT2D eigenvalue weighted by Gasteiger charge is 2.19. The number of hydrogen-bond acceptors (Lipinski definition) is 4. The maximum absolute atomic E-state index is 4.87. The minimum atomic E-state index is 0.411. The van der Waals surface area contributed by atoms with Crippen LogP contribution in [0, 0.1) is 0 Å². The second-order valence-corrected chi connectivity index (χ2v) is 8.67. The second kappa shape index (κ2) is 10.4. The van der Waals surface area contributed by atoms with Crippen molar-refractivity contribution in [3.05, 3.63) is 69.9 Å². The number of fused-ring (bicyclic) bond motifs is 1. The maximum atomic E-state index is 4.87. The lowest BCUT2D eigenvalue weighted by Crippen LogP contribution is -2.46. The van der Waals surface area contributed by atoms with Gasteiger partial charge in [0.1, 0.15) is 12.2 Å². The third-order valence-corrected chi connectivity index (χ3v) is 6.49. The number of guanidine groups is 1. The molecule has 6 nitrogen and oxygen atoms in total. The summed E-state index contributed by atoms with van der Waals surface area (Å²) in [6, 6.07) is 13.5. The van der Waals surface area contributed by atoms with Crippen molar-refractivity contribution in [2.75, 3.05) is 13.1 Å². The molecule has 0 amide bonds. The molecule has 2 aromatic heterocycles. The summed E-state index contributed by atoms with van der Waals surface area (Å²) in [5.41, 5.74) is 2.94. The fraction of sp³-hybridized carbons (Fsp3) is 0.435. The normalized spacial score (nSPS) is 16.3. The monoisotopic (exact) mass is 422 g/mol. The summed E-state index contributed by atoms with van der Waals surface area (Å²) in [4.78, 5) is 6.25. The highest BCUT2D eigenvalue weighted by molar-refractivity contribution is 7.09. The van der Waals surface area contributed by atoms with E-state index in [0.29, 0.717) is 6.04 Å². The summed E-state index contributed by atoms with van der Waals surface area (Å²) in [6.45, 7) is 4.51. The van der Waals surface area contributed by atoms with Crippen molar-refractivity contribution in [3.8, 4) is 0 Å². The smallest absolute Gasteiger partial charge is 0.191 e. The number of benzene rings is 1. The van der Waals surface area contributed by atoms with E-state index in [-0.39, 0.29) is 0 Å². The van der Waals surface area contributed by atoms with Crippen LogP contribution in [-0.4, -0.2) is 39.9 Å². The van der Waals surface area contributed by atoms with Crippen LogP contribution in [0.25, 0.3) is 0 Å². The van der Waals surface area contributed by atoms with E-state index in [4.69, 9.17) is 4.99 Å². The Morgan fingerprint density at radius 3 is 2.97 bits per heavy atom. The van der Waals surface area contributed by atoms with E-state index in [0.717, 1.165) is 63.5 Å². The molecule has 0 saturated carbocycles. The highest BCUT2D eigenvalue weighted by Crippen LogP contribution is 2.21. The summed E-state index contributed by atoms with van der Waals surface area (Å²) in [7, 11) is 0. The Labute approximate surface area is 182 Å². The summed E-state index contributed by atoms with van der Waals surface area (Å²) in [5.74, 6) is 1.92. The van der Waals surface area contributed by atoms with Crippen molar-refractivity contribution in [2.24, 2.45) is 4.99 Å². The third kappa shape index (κ3) is 5.48. The van der Waals surface area contributed by atoms with Gasteiger partial charge >= 0.3 is 0 Å². The van der Waals surface area contributed by atoms with Crippen LogP contribution in [0.4, 0.5) is 0 Å². The van der Waals surface area contributed by atoms with Crippen LogP contribution in [0.3, 0.4) is 0 Å². The molecule has 30 heavy (non-hydrogen) atoms. The van der Waals surface area contributed by atoms with Gasteiger partial charge in [-0.3, -0.25) is 4.99 Å². The van der Waals surface area contributed by atoms with Crippen LogP contribution in [0.1, 0.15) is 35.2 Å². The first-order valence-electron chi connectivity index (χ1n) is 10.8. The predicted molar refractivity (Wildman–Crippen MR) is 123 cm³/mol. The van der Waals surface area contributed by atoms with Gasteiger partial charge in [-0.2, -0.15) is 0 Å². The van der Waals surface area contributed by atoms with E-state index >= 15 is 0 Å². The number of aromatic nitrogens is 3. The van der Waals surface area contributed by atoms with E-state index in [9.17, 15) is 0 Å². The molecule has 3 aromatic rings. The topological polar surface area (TPSA) is 67.1 Å². The van der Waals surface area contributed by atoms with Crippen molar-refractivity contribution in [3.63, 3.8) is 0 Å². The molecule has 2 heterocycles. The van der Waals surface area contributed by atoms with E-state index in [1.165, 1.54) is 16.0 Å². The lowest BCUT2D eigenvalue weighted by Gasteiger charge is -2.27. The first kappa shape index (κ1) is 20.6. The molecule has 7 heteroatoms. The van der Waals surface area contributed by atoms with E-state index in [2.05, 4.69) is 74.1 Å². The zero-order valence-electron chi connectivity index (χ0n) is 17.6. The van der Waals surface area contributed by atoms with Gasteiger partial charge in [0.05, 0.1) is 0 Å². The van der Waals surface area contributed by atoms with Crippen molar-refractivity contribution in [1.29, 1.82) is 0 Å². The van der Waals surface area contributed by atoms with Gasteiger partial charge in [-0.15, -0.1) is 21.5 Å². The summed E-state index contributed by atoms with van der Waals surface area (Å²) in [6.07, 6.45) is 6.97. The van der Waals surface area contributed by atoms with Gasteiger partial charge in [-0.05, 0) is 41.8 Å². The zero-order chi connectivity index (χ0) is 20.6. The minimum Gasteiger partial charge on any atom is -0.355 e. The molecule has 0 fully saturated rings. The van der Waals surface area contributed by atoms with Gasteiger partial charge in [0.25, 0.3) is 0 Å². The average molecular weight is 423 g/mol. The van der Waals surface area contributed by atoms with E-state index < -0.39 is 0 Å². The van der Waals surface area contributed by atoms with E-state index in [1.54, 1.807) is 17.7 Å². The molecule has 1 aliphatic rings. The van der Waals surface area contributed by atoms with Gasteiger partial charge in [0, 0.05) is 43.4 Å². The van der Waals surface area contributed by atoms with E-state index in [1.807, 2.05) is 0 Å². The first-order valence-corrected chi connectivity index (χ1v) is 11.7. The summed E-state index contributed by atoms with van der Waals surface area (Å²) in [5, 5.41) is 17.5. The van der Waals surface area contributed by atoms with Crippen molar-refractivity contribution in [1.82, 2.24) is 25.4 Å². The Kier molecular flexibility index (Phi) is 7.13. The molecule has 0 bridgehead atoms. The van der Waals surface area contributed by atoms with Crippen LogP contribution in [0.5, 0.6) is 0 Å². The molecule has 1 aromatic carbocycles. The van der Waals surface area contributed by atoms with Gasteiger partial charge < -0.3 is 15.2 Å². The van der Waals surface area contributed by atoms with Crippen LogP contribution < -0.4 is 10.6 Å². The number of nitrogens with zero attached hydrogens (tertiary/aromatic N) is 4. The van der Waals surface area contributed by atoms with Crippen molar-refractivity contribution in [2.45, 2.75) is 51.6 Å². The van der Waals surface area contributed by atoms with Crippen molar-refractivity contribution >= 4 is 17.3 Å². The first-order chi connectivity index (χ1) is 14.8. The number of hydrogen-bond donors (Lipinski definition) is 2. The van der Waals surface area contributed by atoms with Gasteiger partial charge in [0.2, 0.25) is 0 Å². The molecule has 0 saturated heterocycles. The SMILES string of the molecule is CCc1nncn1CCNC(=NCCc1cccs1)NC1CCc2ccccc2C1. The molecule has 4 rings (SSSR count). The molecule has 1 atom stereocenters. The van der Waals surface area contributed by atoms with Gasteiger partial charge in [-0.1, -0.05) is 37.3 Å². The fourth-order valence-electron chi connectivity index (χ4n) is 3.93. The largest absolute Gasteiger partial charge is 0.355 e. The third-order valence-electron chi connectivity index (χ3n) is 5.55. The van der Waals surface area contributed by atoms with Gasteiger partial charge in [0.15, 0.2) is 5.96 Å². The quantitative estimate of drug-likeness (QED) is 0.432. The maximum Gasteiger partial charge on any atom is 0.191 e. The molecular formula is C23H30N6S. The molecule has 1 aliphatic carbocycles. The number of nitrogens with one attached hydrogen (secondary N) is 2. The molecular weight excluding hydrogens is 392 g/mol. The Morgan fingerprint density at radius 2 is 2.13 bits per heavy atom. The molecule has 0 spiro atoms. The number of aliphatic imine (C=N–C) groups is 1. The second-order valence-electron chi connectivity index (χ2n) is 7.63. The minimum absolute atomic E-state index is 0.411. The summed E-state index contributed by atoms with van der Waals surface area (Å²) < 4.78 is 2.10. The predicted octanol–water partition coefficient (Wildman–Crippen LogP) is 3.24. The molecule has 1 unspecified atom stereocenters. The molecule has 2 N–H and O–H groups in total. The molecule has 158 valence electrons. The summed E-state index contributed by atoms with van der Waals surface area (Å²) >= 11 is 1.80. The highest BCUT2D eigenvalue weighted by atomic mass is 32.1.